The third-order valence-electron chi connectivity index (χ3n) is 7.58. The van der Waals surface area contributed by atoms with E-state index in [0.29, 0.717) is 42.4 Å². The Morgan fingerprint density at radius 1 is 1.10 bits per heavy atom. The van der Waals surface area contributed by atoms with Crippen molar-refractivity contribution in [3.8, 4) is 0 Å². The topological polar surface area (TPSA) is 77.3 Å². The van der Waals surface area contributed by atoms with Crippen LogP contribution in [0.4, 0.5) is 17.6 Å². The van der Waals surface area contributed by atoms with Crippen LogP contribution in [0.1, 0.15) is 100 Å². The number of fused-ring (bicyclic) bond motifs is 1. The molecule has 214 valence electrons. The predicted molar refractivity (Wildman–Crippen MR) is 140 cm³/mol. The van der Waals surface area contributed by atoms with E-state index in [4.69, 9.17) is 9.72 Å². The maximum atomic E-state index is 13.3. The van der Waals surface area contributed by atoms with Crippen LogP contribution in [-0.4, -0.2) is 51.2 Å². The molecule has 1 atom stereocenters. The number of rotatable bonds is 8. The van der Waals surface area contributed by atoms with E-state index in [-0.39, 0.29) is 18.4 Å². The standard InChI is InChI=1S/C28H30F4N4O3S/c1-2-39-28(38)23-24(19-9-5-7-16-6-3-4-8-18(16)19)40-27(33-23)17-10-12-35(13-11-17)22(37)15-36-21(26(31)32)14-20(34-36)25(29)30/h3-4,6,8,14,17,19,25-26H,2,5,7,9-13,15H2,1H3/t19-/m1/s1. The molecule has 0 bridgehead atoms. The van der Waals surface area contributed by atoms with Crippen LogP contribution in [0.3, 0.4) is 0 Å². The molecule has 2 aromatic heterocycles. The van der Waals surface area contributed by atoms with Gasteiger partial charge in [0.2, 0.25) is 5.91 Å². The number of carbonyl (C=O) groups excluding carboxylic acids is 2. The van der Waals surface area contributed by atoms with Crippen LogP contribution in [0, 0.1) is 0 Å². The highest BCUT2D eigenvalue weighted by Gasteiger charge is 2.33. The zero-order chi connectivity index (χ0) is 28.4. The largest absolute Gasteiger partial charge is 0.461 e. The highest BCUT2D eigenvalue weighted by molar-refractivity contribution is 7.12. The maximum Gasteiger partial charge on any atom is 0.358 e. The van der Waals surface area contributed by atoms with Crippen molar-refractivity contribution in [1.82, 2.24) is 19.7 Å². The van der Waals surface area contributed by atoms with Crippen LogP contribution >= 0.6 is 11.3 Å². The molecule has 1 aliphatic carbocycles. The number of halogens is 4. The molecule has 3 heterocycles. The van der Waals surface area contributed by atoms with E-state index in [1.54, 1.807) is 6.92 Å². The lowest BCUT2D eigenvalue weighted by atomic mass is 9.81. The van der Waals surface area contributed by atoms with Crippen LogP contribution in [0.15, 0.2) is 30.3 Å². The molecule has 1 saturated heterocycles. The number of piperidine rings is 1. The SMILES string of the molecule is CCOC(=O)c1nc(C2CCN(C(=O)Cn3nc(C(F)F)cc3C(F)F)CC2)sc1[C@@H]1CCCc2ccccc21. The van der Waals surface area contributed by atoms with Crippen LogP contribution in [0.5, 0.6) is 0 Å². The van der Waals surface area contributed by atoms with Crippen molar-refractivity contribution in [3.05, 3.63) is 68.4 Å². The number of amides is 1. The monoisotopic (exact) mass is 578 g/mol. The highest BCUT2D eigenvalue weighted by Crippen LogP contribution is 2.43. The van der Waals surface area contributed by atoms with Gasteiger partial charge in [0.15, 0.2) is 5.69 Å². The fraction of sp³-hybridized carbons (Fsp3) is 0.500. The first kappa shape index (κ1) is 28.3. The average molecular weight is 579 g/mol. The van der Waals surface area contributed by atoms with E-state index in [1.807, 2.05) is 12.1 Å². The lowest BCUT2D eigenvalue weighted by Gasteiger charge is -2.31. The van der Waals surface area contributed by atoms with Gasteiger partial charge < -0.3 is 9.64 Å². The molecule has 1 aliphatic heterocycles. The second-order valence-electron chi connectivity index (χ2n) is 10.0. The first-order valence-corrected chi connectivity index (χ1v) is 14.3. The van der Waals surface area contributed by atoms with Gasteiger partial charge in [-0.25, -0.2) is 27.3 Å². The van der Waals surface area contributed by atoms with Gasteiger partial charge in [0.1, 0.15) is 17.9 Å². The Balaban J connectivity index is 1.31. The summed E-state index contributed by atoms with van der Waals surface area (Å²) in [5.74, 6) is -0.821. The first-order chi connectivity index (χ1) is 19.3. The number of aromatic nitrogens is 3. The van der Waals surface area contributed by atoms with Crippen molar-refractivity contribution in [2.45, 2.75) is 70.3 Å². The first-order valence-electron chi connectivity index (χ1n) is 13.4. The van der Waals surface area contributed by atoms with E-state index < -0.39 is 42.7 Å². The molecule has 0 radical (unpaired) electrons. The lowest BCUT2D eigenvalue weighted by molar-refractivity contribution is -0.133. The van der Waals surface area contributed by atoms with E-state index >= 15 is 0 Å². The third-order valence-corrected chi connectivity index (χ3v) is 8.92. The summed E-state index contributed by atoms with van der Waals surface area (Å²) < 4.78 is 58.6. The van der Waals surface area contributed by atoms with Crippen molar-refractivity contribution in [1.29, 1.82) is 0 Å². The zero-order valence-electron chi connectivity index (χ0n) is 22.0. The Labute approximate surface area is 233 Å². The summed E-state index contributed by atoms with van der Waals surface area (Å²) in [4.78, 5) is 33.0. The number of likely N-dealkylation sites (tertiary alicyclic amines) is 1. The smallest absolute Gasteiger partial charge is 0.358 e. The minimum absolute atomic E-state index is 0.0153. The molecule has 0 N–H and O–H groups in total. The Morgan fingerprint density at radius 3 is 2.55 bits per heavy atom. The van der Waals surface area contributed by atoms with Gasteiger partial charge in [-0.05, 0) is 56.2 Å². The minimum atomic E-state index is -3.03. The fourth-order valence-electron chi connectivity index (χ4n) is 5.60. The van der Waals surface area contributed by atoms with Gasteiger partial charge in [0.25, 0.3) is 12.9 Å². The summed E-state index contributed by atoms with van der Waals surface area (Å²) in [6.07, 6.45) is -1.95. The number of ether oxygens (including phenoxy) is 1. The second kappa shape index (κ2) is 12.1. The number of thiazole rings is 1. The normalized spacial score (nSPS) is 17.9. The molecular formula is C28H30F4N4O3S. The van der Waals surface area contributed by atoms with E-state index in [1.165, 1.54) is 27.4 Å². The quantitative estimate of drug-likeness (QED) is 0.233. The summed E-state index contributed by atoms with van der Waals surface area (Å²) in [7, 11) is 0. The van der Waals surface area contributed by atoms with Crippen molar-refractivity contribution in [2.24, 2.45) is 0 Å². The lowest BCUT2D eigenvalue weighted by Crippen LogP contribution is -2.40. The molecule has 3 aromatic rings. The van der Waals surface area contributed by atoms with Crippen LogP contribution in [0.2, 0.25) is 0 Å². The molecule has 1 aromatic carbocycles. The van der Waals surface area contributed by atoms with Crippen LogP contribution < -0.4 is 0 Å². The maximum absolute atomic E-state index is 13.3. The molecule has 7 nitrogen and oxygen atoms in total. The summed E-state index contributed by atoms with van der Waals surface area (Å²) in [6, 6.07) is 8.92. The number of hydrogen-bond acceptors (Lipinski definition) is 6. The second-order valence-corrected chi connectivity index (χ2v) is 11.1. The predicted octanol–water partition coefficient (Wildman–Crippen LogP) is 6.27. The van der Waals surface area contributed by atoms with Gasteiger partial charge in [-0.2, -0.15) is 5.10 Å². The Kier molecular flexibility index (Phi) is 8.53. The summed E-state index contributed by atoms with van der Waals surface area (Å²) in [5.41, 5.74) is 1.37. The number of hydrogen-bond donors (Lipinski definition) is 0. The molecule has 12 heteroatoms. The van der Waals surface area contributed by atoms with Crippen molar-refractivity contribution < 1.29 is 31.9 Å². The van der Waals surface area contributed by atoms with Crippen LogP contribution in [-0.2, 0) is 22.5 Å². The molecule has 40 heavy (non-hydrogen) atoms. The van der Waals surface area contributed by atoms with Gasteiger partial charge in [-0.3, -0.25) is 9.48 Å². The van der Waals surface area contributed by atoms with Crippen molar-refractivity contribution in [2.75, 3.05) is 19.7 Å². The molecule has 5 rings (SSSR count). The summed E-state index contributed by atoms with van der Waals surface area (Å²) >= 11 is 1.53. The zero-order valence-corrected chi connectivity index (χ0v) is 22.8. The molecule has 1 fully saturated rings. The highest BCUT2D eigenvalue weighted by atomic mass is 32.1. The summed E-state index contributed by atoms with van der Waals surface area (Å²) in [5, 5.41) is 4.34. The summed E-state index contributed by atoms with van der Waals surface area (Å²) in [6.45, 7) is 2.18. The number of nitrogens with zero attached hydrogens (tertiary/aromatic N) is 4. The molecule has 2 aliphatic rings. The van der Waals surface area contributed by atoms with Gasteiger partial charge in [-0.1, -0.05) is 24.3 Å². The van der Waals surface area contributed by atoms with Gasteiger partial charge in [0.05, 0.1) is 11.6 Å². The molecule has 0 spiro atoms. The molecular weight excluding hydrogens is 548 g/mol. The van der Waals surface area contributed by atoms with Gasteiger partial charge in [-0.15, -0.1) is 11.3 Å². The Hall–Kier alpha value is -3.28. The fourth-order valence-corrected chi connectivity index (χ4v) is 6.97. The van der Waals surface area contributed by atoms with Crippen LogP contribution in [0.25, 0.3) is 0 Å². The number of esters is 1. The van der Waals surface area contributed by atoms with Crippen molar-refractivity contribution in [3.63, 3.8) is 0 Å². The third kappa shape index (κ3) is 5.77. The van der Waals surface area contributed by atoms with Crippen molar-refractivity contribution >= 4 is 23.2 Å². The molecule has 0 unspecified atom stereocenters. The van der Waals surface area contributed by atoms with E-state index in [2.05, 4.69) is 17.2 Å². The Bertz CT molecular complexity index is 1370. The average Bonchev–Trinajstić information content (AvgIpc) is 3.58. The Morgan fingerprint density at radius 2 is 1.85 bits per heavy atom. The number of carbonyl (C=O) groups is 2. The molecule has 1 amide bonds. The minimum Gasteiger partial charge on any atom is -0.461 e. The number of benzene rings is 1. The van der Waals surface area contributed by atoms with Gasteiger partial charge >= 0.3 is 5.97 Å². The number of aryl methyl sites for hydroxylation is 1. The molecule has 0 saturated carbocycles. The van der Waals surface area contributed by atoms with E-state index in [0.717, 1.165) is 29.1 Å². The van der Waals surface area contributed by atoms with Gasteiger partial charge in [0, 0.05) is 29.8 Å². The number of alkyl halides is 4. The van der Waals surface area contributed by atoms with E-state index in [9.17, 15) is 27.2 Å².